The molecule has 3 rings (SSSR count). The minimum atomic E-state index is 0.340. The smallest absolute Gasteiger partial charge is 0.231 e. The van der Waals surface area contributed by atoms with Gasteiger partial charge in [-0.1, -0.05) is 29.7 Å². The van der Waals surface area contributed by atoms with Gasteiger partial charge in [-0.3, -0.25) is 0 Å². The van der Waals surface area contributed by atoms with E-state index in [2.05, 4.69) is 22.4 Å². The topological polar surface area (TPSA) is 51.0 Å². The maximum Gasteiger partial charge on any atom is 0.231 e. The van der Waals surface area contributed by atoms with Crippen molar-refractivity contribution in [3.63, 3.8) is 0 Å². The highest BCUT2D eigenvalue weighted by atomic mass is 35.5. The lowest BCUT2D eigenvalue weighted by Crippen LogP contribution is -2.08. The van der Waals surface area contributed by atoms with Gasteiger partial charge in [-0.25, -0.2) is 0 Å². The molecular formula is C14H16ClN3OS. The number of halogens is 1. The second kappa shape index (κ2) is 6.16. The normalized spacial score (nSPS) is 22.3. The highest BCUT2D eigenvalue weighted by Crippen LogP contribution is 2.28. The zero-order chi connectivity index (χ0) is 13.9. The first-order valence-corrected chi connectivity index (χ1v) is 8.00. The van der Waals surface area contributed by atoms with E-state index in [0.717, 1.165) is 34.7 Å². The van der Waals surface area contributed by atoms with Gasteiger partial charge in [-0.05, 0) is 30.7 Å². The van der Waals surface area contributed by atoms with Gasteiger partial charge in [0, 0.05) is 16.5 Å². The van der Waals surface area contributed by atoms with Crippen LogP contribution in [0.3, 0.4) is 0 Å². The molecule has 0 bridgehead atoms. The van der Waals surface area contributed by atoms with Gasteiger partial charge in [0.1, 0.15) is 0 Å². The van der Waals surface area contributed by atoms with Crippen molar-refractivity contribution in [1.29, 1.82) is 0 Å². The van der Waals surface area contributed by atoms with Crippen LogP contribution in [0.5, 0.6) is 0 Å². The molecule has 2 aromatic rings. The molecule has 4 nitrogen and oxygen atoms in total. The number of nitrogens with zero attached hydrogens (tertiary/aromatic N) is 2. The Kier molecular flexibility index (Phi) is 4.29. The summed E-state index contributed by atoms with van der Waals surface area (Å²) in [5, 5.41) is 8.16. The Morgan fingerprint density at radius 2 is 2.35 bits per heavy atom. The highest BCUT2D eigenvalue weighted by Gasteiger charge is 2.29. The summed E-state index contributed by atoms with van der Waals surface area (Å²) in [6.45, 7) is 4.14. The Morgan fingerprint density at radius 3 is 3.10 bits per heavy atom. The molecule has 0 saturated carbocycles. The van der Waals surface area contributed by atoms with Gasteiger partial charge in [0.2, 0.25) is 5.89 Å². The van der Waals surface area contributed by atoms with Crippen molar-refractivity contribution in [1.82, 2.24) is 15.5 Å². The molecule has 0 amide bonds. The summed E-state index contributed by atoms with van der Waals surface area (Å²) < 4.78 is 5.39. The van der Waals surface area contributed by atoms with Gasteiger partial charge in [-0.15, -0.1) is 11.8 Å². The largest absolute Gasteiger partial charge is 0.339 e. The summed E-state index contributed by atoms with van der Waals surface area (Å²) in [6, 6.07) is 7.78. The van der Waals surface area contributed by atoms with Gasteiger partial charge in [0.05, 0.1) is 11.7 Å². The summed E-state index contributed by atoms with van der Waals surface area (Å²) in [5.74, 6) is 3.07. The summed E-state index contributed by atoms with van der Waals surface area (Å²) in [5.41, 5.74) is 0. The Hall–Kier alpha value is -1.04. The third-order valence-electron chi connectivity index (χ3n) is 3.48. The first-order valence-electron chi connectivity index (χ1n) is 6.64. The SMILES string of the molecule is CC1CNCC1c1nc(CSc2cccc(Cl)c2)no1. The van der Waals surface area contributed by atoms with Crippen LogP contribution in [-0.2, 0) is 5.75 Å². The van der Waals surface area contributed by atoms with Crippen LogP contribution in [-0.4, -0.2) is 23.2 Å². The summed E-state index contributed by atoms with van der Waals surface area (Å²) in [4.78, 5) is 5.62. The van der Waals surface area contributed by atoms with Crippen LogP contribution in [0.2, 0.25) is 5.02 Å². The predicted octanol–water partition coefficient (Wildman–Crippen LogP) is 3.34. The molecule has 2 unspecified atom stereocenters. The van der Waals surface area contributed by atoms with Crippen LogP contribution in [0.1, 0.15) is 24.6 Å². The van der Waals surface area contributed by atoms with Crippen molar-refractivity contribution < 1.29 is 4.52 Å². The Morgan fingerprint density at radius 1 is 1.45 bits per heavy atom. The number of hydrogen-bond acceptors (Lipinski definition) is 5. The molecule has 1 aliphatic rings. The average molecular weight is 310 g/mol. The summed E-state index contributed by atoms with van der Waals surface area (Å²) in [7, 11) is 0. The summed E-state index contributed by atoms with van der Waals surface area (Å²) >= 11 is 7.62. The van der Waals surface area contributed by atoms with Gasteiger partial charge in [-0.2, -0.15) is 4.98 Å². The first-order chi connectivity index (χ1) is 9.72. The maximum atomic E-state index is 5.96. The number of nitrogens with one attached hydrogen (secondary N) is 1. The zero-order valence-electron chi connectivity index (χ0n) is 11.2. The third-order valence-corrected chi connectivity index (χ3v) is 4.71. The monoisotopic (exact) mass is 309 g/mol. The molecule has 2 atom stereocenters. The van der Waals surface area contributed by atoms with Crippen LogP contribution in [0.25, 0.3) is 0 Å². The van der Waals surface area contributed by atoms with Crippen LogP contribution in [0.4, 0.5) is 0 Å². The molecule has 1 aromatic heterocycles. The van der Waals surface area contributed by atoms with E-state index in [1.807, 2.05) is 24.3 Å². The van der Waals surface area contributed by atoms with Crippen molar-refractivity contribution in [2.75, 3.05) is 13.1 Å². The minimum Gasteiger partial charge on any atom is -0.339 e. The van der Waals surface area contributed by atoms with E-state index in [9.17, 15) is 0 Å². The van der Waals surface area contributed by atoms with E-state index in [4.69, 9.17) is 16.1 Å². The molecular weight excluding hydrogens is 294 g/mol. The molecule has 1 aliphatic heterocycles. The van der Waals surface area contributed by atoms with Gasteiger partial charge in [0.15, 0.2) is 5.82 Å². The van der Waals surface area contributed by atoms with E-state index >= 15 is 0 Å². The van der Waals surface area contributed by atoms with Crippen molar-refractivity contribution >= 4 is 23.4 Å². The lowest BCUT2D eigenvalue weighted by Gasteiger charge is -2.07. The van der Waals surface area contributed by atoms with Crippen molar-refractivity contribution in [3.8, 4) is 0 Å². The quantitative estimate of drug-likeness (QED) is 0.878. The number of benzene rings is 1. The number of rotatable bonds is 4. The van der Waals surface area contributed by atoms with Crippen molar-refractivity contribution in [3.05, 3.63) is 41.0 Å². The number of hydrogen-bond donors (Lipinski definition) is 1. The van der Waals surface area contributed by atoms with E-state index in [-0.39, 0.29) is 0 Å². The van der Waals surface area contributed by atoms with Crippen LogP contribution < -0.4 is 5.32 Å². The van der Waals surface area contributed by atoms with Crippen LogP contribution in [0, 0.1) is 5.92 Å². The lowest BCUT2D eigenvalue weighted by molar-refractivity contribution is 0.337. The van der Waals surface area contributed by atoms with Crippen molar-refractivity contribution in [2.45, 2.75) is 23.5 Å². The Bertz CT molecular complexity index is 589. The third kappa shape index (κ3) is 3.16. The predicted molar refractivity (Wildman–Crippen MR) is 80.1 cm³/mol. The molecule has 0 radical (unpaired) electrons. The lowest BCUT2D eigenvalue weighted by atomic mass is 9.98. The fourth-order valence-corrected chi connectivity index (χ4v) is 3.38. The van der Waals surface area contributed by atoms with E-state index in [1.165, 1.54) is 0 Å². The molecule has 2 heterocycles. The molecule has 106 valence electrons. The van der Waals surface area contributed by atoms with Crippen molar-refractivity contribution in [2.24, 2.45) is 5.92 Å². The second-order valence-corrected chi connectivity index (χ2v) is 6.52. The minimum absolute atomic E-state index is 0.340. The maximum absolute atomic E-state index is 5.96. The number of aromatic nitrogens is 2. The van der Waals surface area contributed by atoms with E-state index in [1.54, 1.807) is 11.8 Å². The number of thioether (sulfide) groups is 1. The Labute approximate surface area is 127 Å². The molecule has 1 saturated heterocycles. The molecule has 0 spiro atoms. The molecule has 20 heavy (non-hydrogen) atoms. The van der Waals surface area contributed by atoms with Gasteiger partial charge in [0.25, 0.3) is 0 Å². The first kappa shape index (κ1) is 13.9. The van der Waals surface area contributed by atoms with E-state index < -0.39 is 0 Å². The molecule has 1 fully saturated rings. The van der Waals surface area contributed by atoms with E-state index in [0.29, 0.717) is 17.6 Å². The standard InChI is InChI=1S/C14H16ClN3OS/c1-9-6-16-7-12(9)14-17-13(18-19-14)8-20-11-4-2-3-10(15)5-11/h2-5,9,12,16H,6-8H2,1H3. The van der Waals surface area contributed by atoms with Gasteiger partial charge >= 0.3 is 0 Å². The van der Waals surface area contributed by atoms with Crippen LogP contribution in [0.15, 0.2) is 33.7 Å². The zero-order valence-corrected chi connectivity index (χ0v) is 12.7. The summed E-state index contributed by atoms with van der Waals surface area (Å²) in [6.07, 6.45) is 0. The molecule has 0 aliphatic carbocycles. The fourth-order valence-electron chi connectivity index (χ4n) is 2.32. The molecule has 1 aromatic carbocycles. The second-order valence-electron chi connectivity index (χ2n) is 5.04. The molecule has 1 N–H and O–H groups in total. The van der Waals surface area contributed by atoms with Gasteiger partial charge < -0.3 is 9.84 Å². The molecule has 6 heteroatoms. The highest BCUT2D eigenvalue weighted by molar-refractivity contribution is 7.98. The average Bonchev–Trinajstić information content (AvgIpc) is 3.05. The van der Waals surface area contributed by atoms with Crippen LogP contribution >= 0.6 is 23.4 Å². The fraction of sp³-hybridized carbons (Fsp3) is 0.429. The Balaban J connectivity index is 1.63.